The Bertz CT molecular complexity index is 358. The van der Waals surface area contributed by atoms with E-state index in [4.69, 9.17) is 5.84 Å². The molecule has 0 aromatic carbocycles. The number of pyridine rings is 1. The van der Waals surface area contributed by atoms with Crippen LogP contribution in [0, 0.1) is 10.1 Å². The molecule has 0 atom stereocenters. The van der Waals surface area contributed by atoms with Gasteiger partial charge in [0.25, 0.3) is 0 Å². The molecule has 12 heavy (non-hydrogen) atoms. The molecule has 1 heterocycles. The highest BCUT2D eigenvalue weighted by Crippen LogP contribution is 2.04. The number of anilines is 1. The van der Waals surface area contributed by atoms with Crippen LogP contribution in [0.15, 0.2) is 16.9 Å². The van der Waals surface area contributed by atoms with Crippen molar-refractivity contribution in [1.29, 1.82) is 0 Å². The van der Waals surface area contributed by atoms with E-state index in [1.165, 1.54) is 6.07 Å². The number of nitrogens with two attached hydrogens (primary N) is 1. The summed E-state index contributed by atoms with van der Waals surface area (Å²) in [5.41, 5.74) is 0.868. The van der Waals surface area contributed by atoms with E-state index in [0.29, 0.717) is 0 Å². The second-order valence-electron chi connectivity index (χ2n) is 1.99. The molecule has 0 aliphatic heterocycles. The van der Waals surface area contributed by atoms with Crippen LogP contribution in [-0.2, 0) is 0 Å². The van der Waals surface area contributed by atoms with Crippen molar-refractivity contribution in [2.24, 2.45) is 5.84 Å². The van der Waals surface area contributed by atoms with Crippen molar-refractivity contribution in [1.82, 2.24) is 4.98 Å². The molecule has 1 rings (SSSR count). The standard InChI is InChI=1S/C5H6N4O3/c6-8-4-2-1-3(9(11)12)5(10)7-4/h1-2H,6H2,(H2,7,8,10). The zero-order chi connectivity index (χ0) is 9.14. The lowest BCUT2D eigenvalue weighted by atomic mass is 10.4. The van der Waals surface area contributed by atoms with Crippen LogP contribution in [0.3, 0.4) is 0 Å². The van der Waals surface area contributed by atoms with Crippen LogP contribution in [-0.4, -0.2) is 9.91 Å². The molecule has 7 heteroatoms. The van der Waals surface area contributed by atoms with E-state index in [2.05, 4.69) is 10.4 Å². The zero-order valence-corrected chi connectivity index (χ0v) is 5.90. The first-order chi connectivity index (χ1) is 5.65. The first-order valence-electron chi connectivity index (χ1n) is 2.99. The Balaban J connectivity index is 3.21. The summed E-state index contributed by atoms with van der Waals surface area (Å²) in [4.78, 5) is 22.4. The van der Waals surface area contributed by atoms with Crippen LogP contribution in [0.5, 0.6) is 0 Å². The number of hydrogen-bond acceptors (Lipinski definition) is 5. The van der Waals surface area contributed by atoms with Gasteiger partial charge in [0.15, 0.2) is 0 Å². The summed E-state index contributed by atoms with van der Waals surface area (Å²) >= 11 is 0. The van der Waals surface area contributed by atoms with Gasteiger partial charge in [0, 0.05) is 6.07 Å². The molecule has 7 nitrogen and oxygen atoms in total. The average molecular weight is 170 g/mol. The van der Waals surface area contributed by atoms with Crippen molar-refractivity contribution in [3.8, 4) is 0 Å². The Labute approximate surface area is 66.3 Å². The maximum absolute atomic E-state index is 10.8. The predicted molar refractivity (Wildman–Crippen MR) is 41.5 cm³/mol. The molecule has 64 valence electrons. The fourth-order valence-corrected chi connectivity index (χ4v) is 0.694. The Morgan fingerprint density at radius 1 is 1.58 bits per heavy atom. The predicted octanol–water partition coefficient (Wildman–Crippen LogP) is -0.431. The van der Waals surface area contributed by atoms with Gasteiger partial charge in [0.2, 0.25) is 0 Å². The number of aromatic nitrogens is 1. The average Bonchev–Trinajstić information content (AvgIpc) is 2.03. The Morgan fingerprint density at radius 2 is 2.25 bits per heavy atom. The van der Waals surface area contributed by atoms with E-state index in [-0.39, 0.29) is 5.82 Å². The zero-order valence-electron chi connectivity index (χ0n) is 5.90. The summed E-state index contributed by atoms with van der Waals surface area (Å²) in [5.74, 6) is 5.18. The minimum absolute atomic E-state index is 0.227. The SMILES string of the molecule is NNc1ccc([N+](=O)[O-])c(=O)[nH]1. The summed E-state index contributed by atoms with van der Waals surface area (Å²) < 4.78 is 0. The summed E-state index contributed by atoms with van der Waals surface area (Å²) in [5, 5.41) is 10.2. The van der Waals surface area contributed by atoms with Gasteiger partial charge in [-0.3, -0.25) is 14.9 Å². The van der Waals surface area contributed by atoms with Crippen LogP contribution < -0.4 is 16.8 Å². The third-order valence-electron chi connectivity index (χ3n) is 1.24. The van der Waals surface area contributed by atoms with Crippen molar-refractivity contribution in [3.63, 3.8) is 0 Å². The Morgan fingerprint density at radius 3 is 2.67 bits per heavy atom. The highest BCUT2D eigenvalue weighted by molar-refractivity contribution is 5.38. The Hall–Kier alpha value is -1.89. The molecule has 1 aromatic heterocycles. The van der Waals surface area contributed by atoms with Crippen LogP contribution in [0.25, 0.3) is 0 Å². The van der Waals surface area contributed by atoms with Gasteiger partial charge in [-0.25, -0.2) is 5.84 Å². The summed E-state index contributed by atoms with van der Waals surface area (Å²) in [7, 11) is 0. The number of nitrogen functional groups attached to an aromatic ring is 1. The molecular weight excluding hydrogens is 164 g/mol. The van der Waals surface area contributed by atoms with Crippen LogP contribution >= 0.6 is 0 Å². The maximum Gasteiger partial charge on any atom is 0.334 e. The van der Waals surface area contributed by atoms with Gasteiger partial charge >= 0.3 is 11.2 Å². The molecule has 4 N–H and O–H groups in total. The number of nitrogens with one attached hydrogen (secondary N) is 2. The van der Waals surface area contributed by atoms with Crippen molar-refractivity contribution >= 4 is 11.5 Å². The number of nitrogens with zero attached hydrogens (tertiary/aromatic N) is 1. The van der Waals surface area contributed by atoms with Gasteiger partial charge in [-0.05, 0) is 6.07 Å². The minimum Gasteiger partial charge on any atom is -0.310 e. The van der Waals surface area contributed by atoms with Gasteiger partial charge in [-0.1, -0.05) is 0 Å². The molecule has 0 amide bonds. The topological polar surface area (TPSA) is 114 Å². The number of H-pyrrole nitrogens is 1. The number of nitro groups is 1. The van der Waals surface area contributed by atoms with E-state index in [9.17, 15) is 14.9 Å². The van der Waals surface area contributed by atoms with Crippen molar-refractivity contribution < 1.29 is 4.92 Å². The molecule has 0 saturated heterocycles. The lowest BCUT2D eigenvalue weighted by Crippen LogP contribution is -2.16. The van der Waals surface area contributed by atoms with Crippen molar-refractivity contribution in [2.75, 3.05) is 5.43 Å². The quantitative estimate of drug-likeness (QED) is 0.316. The number of aromatic amines is 1. The van der Waals surface area contributed by atoms with Crippen LogP contribution in [0.4, 0.5) is 11.5 Å². The fourth-order valence-electron chi connectivity index (χ4n) is 0.694. The largest absolute Gasteiger partial charge is 0.334 e. The van der Waals surface area contributed by atoms with Gasteiger partial charge < -0.3 is 10.4 Å². The molecule has 0 spiro atoms. The third-order valence-corrected chi connectivity index (χ3v) is 1.24. The van der Waals surface area contributed by atoms with Gasteiger partial charge in [0.05, 0.1) is 4.92 Å². The first kappa shape index (κ1) is 8.21. The van der Waals surface area contributed by atoms with E-state index in [1.54, 1.807) is 0 Å². The van der Waals surface area contributed by atoms with Gasteiger partial charge in [-0.2, -0.15) is 0 Å². The molecular formula is C5H6N4O3. The first-order valence-corrected chi connectivity index (χ1v) is 2.99. The second-order valence-corrected chi connectivity index (χ2v) is 1.99. The van der Waals surface area contributed by atoms with Crippen molar-refractivity contribution in [3.05, 3.63) is 32.6 Å². The Kier molecular flexibility index (Phi) is 2.06. The van der Waals surface area contributed by atoms with Crippen LogP contribution in [0.1, 0.15) is 0 Å². The lowest BCUT2D eigenvalue weighted by molar-refractivity contribution is -0.386. The second kappa shape index (κ2) is 3.01. The molecule has 0 saturated carbocycles. The van der Waals surface area contributed by atoms with Crippen LogP contribution in [0.2, 0.25) is 0 Å². The smallest absolute Gasteiger partial charge is 0.310 e. The number of hydrazine groups is 1. The summed E-state index contributed by atoms with van der Waals surface area (Å²) in [6.07, 6.45) is 0. The monoisotopic (exact) mass is 170 g/mol. The molecule has 0 aliphatic carbocycles. The molecule has 0 bridgehead atoms. The van der Waals surface area contributed by atoms with Crippen molar-refractivity contribution in [2.45, 2.75) is 0 Å². The molecule has 0 unspecified atom stereocenters. The third kappa shape index (κ3) is 1.40. The minimum atomic E-state index is -0.782. The number of hydrogen-bond donors (Lipinski definition) is 3. The molecule has 0 radical (unpaired) electrons. The molecule has 0 fully saturated rings. The normalized spacial score (nSPS) is 9.42. The van der Waals surface area contributed by atoms with E-state index < -0.39 is 16.2 Å². The van der Waals surface area contributed by atoms with Gasteiger partial charge in [-0.15, -0.1) is 0 Å². The highest BCUT2D eigenvalue weighted by Gasteiger charge is 2.10. The summed E-state index contributed by atoms with van der Waals surface area (Å²) in [6, 6.07) is 2.38. The number of rotatable bonds is 2. The van der Waals surface area contributed by atoms with E-state index in [1.807, 2.05) is 0 Å². The fraction of sp³-hybridized carbons (Fsp3) is 0. The maximum atomic E-state index is 10.8. The van der Waals surface area contributed by atoms with Gasteiger partial charge in [0.1, 0.15) is 5.82 Å². The molecule has 0 aliphatic rings. The highest BCUT2D eigenvalue weighted by atomic mass is 16.6. The molecule has 1 aromatic rings. The van der Waals surface area contributed by atoms with E-state index >= 15 is 0 Å². The lowest BCUT2D eigenvalue weighted by Gasteiger charge is -1.96. The summed E-state index contributed by atoms with van der Waals surface area (Å²) in [6.45, 7) is 0. The van der Waals surface area contributed by atoms with E-state index in [0.717, 1.165) is 6.07 Å².